The van der Waals surface area contributed by atoms with Gasteiger partial charge in [0.15, 0.2) is 0 Å². The molecule has 36 heavy (non-hydrogen) atoms. The highest BCUT2D eigenvalue weighted by atomic mass is 16.5. The lowest BCUT2D eigenvalue weighted by Crippen LogP contribution is -2.08. The number of hydrogen-bond acceptors (Lipinski definition) is 4. The zero-order valence-electron chi connectivity index (χ0n) is 20.0. The SMILES string of the molecule is CCc1c(Oc2cccc(-c3ncc(C(O)c4cccc(C(C)C(=O)O)c4)[nH]3)c2)ccc2[nH]ccc12. The lowest BCUT2D eigenvalue weighted by atomic mass is 9.97. The number of aliphatic hydroxyl groups is 1. The van der Waals surface area contributed by atoms with Gasteiger partial charge in [0, 0.05) is 28.2 Å². The van der Waals surface area contributed by atoms with E-state index in [9.17, 15) is 15.0 Å². The van der Waals surface area contributed by atoms with Crippen molar-refractivity contribution in [2.45, 2.75) is 32.3 Å². The second-order valence-corrected chi connectivity index (χ2v) is 8.78. The van der Waals surface area contributed by atoms with Gasteiger partial charge >= 0.3 is 5.97 Å². The van der Waals surface area contributed by atoms with Crippen LogP contribution in [0.15, 0.2) is 79.1 Å². The van der Waals surface area contributed by atoms with Crippen molar-refractivity contribution < 1.29 is 19.7 Å². The summed E-state index contributed by atoms with van der Waals surface area (Å²) in [6.07, 6.45) is 3.40. The molecule has 7 heteroatoms. The number of rotatable bonds is 8. The number of nitrogens with zero attached hydrogens (tertiary/aromatic N) is 1. The summed E-state index contributed by atoms with van der Waals surface area (Å²) in [4.78, 5) is 22.2. The van der Waals surface area contributed by atoms with Gasteiger partial charge in [0.1, 0.15) is 23.4 Å². The number of carboxylic acids is 1. The van der Waals surface area contributed by atoms with Crippen molar-refractivity contribution >= 4 is 16.9 Å². The maximum Gasteiger partial charge on any atom is 0.310 e. The number of aryl methyl sites for hydroxylation is 1. The van der Waals surface area contributed by atoms with Crippen molar-refractivity contribution in [3.05, 3.63) is 102 Å². The van der Waals surface area contributed by atoms with Crippen molar-refractivity contribution in [3.8, 4) is 22.9 Å². The molecule has 5 aromatic rings. The van der Waals surface area contributed by atoms with Gasteiger partial charge < -0.3 is 24.9 Å². The number of aromatic nitrogens is 3. The number of aliphatic hydroxyl groups excluding tert-OH is 1. The molecule has 0 fully saturated rings. The van der Waals surface area contributed by atoms with E-state index in [2.05, 4.69) is 27.9 Å². The monoisotopic (exact) mass is 481 g/mol. The smallest absolute Gasteiger partial charge is 0.310 e. The van der Waals surface area contributed by atoms with Gasteiger partial charge in [-0.3, -0.25) is 4.79 Å². The Kier molecular flexibility index (Phi) is 6.31. The fourth-order valence-electron chi connectivity index (χ4n) is 4.41. The molecular formula is C29H27N3O4. The largest absolute Gasteiger partial charge is 0.481 e. The van der Waals surface area contributed by atoms with E-state index < -0.39 is 18.0 Å². The lowest BCUT2D eigenvalue weighted by molar-refractivity contribution is -0.138. The van der Waals surface area contributed by atoms with Crippen LogP contribution in [0.4, 0.5) is 0 Å². The molecule has 3 aromatic carbocycles. The fraction of sp³-hybridized carbons (Fsp3) is 0.172. The van der Waals surface area contributed by atoms with E-state index in [4.69, 9.17) is 4.74 Å². The third-order valence-corrected chi connectivity index (χ3v) is 6.48. The van der Waals surface area contributed by atoms with Crippen LogP contribution in [0.2, 0.25) is 0 Å². The van der Waals surface area contributed by atoms with E-state index in [1.807, 2.05) is 42.6 Å². The Balaban J connectivity index is 1.39. The first-order valence-electron chi connectivity index (χ1n) is 11.9. The molecular weight excluding hydrogens is 454 g/mol. The lowest BCUT2D eigenvalue weighted by Gasteiger charge is -2.13. The molecule has 0 amide bonds. The number of nitrogens with one attached hydrogen (secondary N) is 2. The molecule has 2 unspecified atom stereocenters. The predicted octanol–water partition coefficient (Wildman–Crippen LogP) is 6.18. The molecule has 0 bridgehead atoms. The van der Waals surface area contributed by atoms with E-state index in [0.717, 1.165) is 34.2 Å². The molecule has 5 rings (SSSR count). The van der Waals surface area contributed by atoms with Gasteiger partial charge in [-0.1, -0.05) is 43.3 Å². The number of carboxylic acid groups (broad SMARTS) is 1. The average Bonchev–Trinajstić information content (AvgIpc) is 3.58. The summed E-state index contributed by atoms with van der Waals surface area (Å²) in [5.74, 6) is 0.523. The van der Waals surface area contributed by atoms with Crippen molar-refractivity contribution in [1.82, 2.24) is 15.0 Å². The van der Waals surface area contributed by atoms with E-state index >= 15 is 0 Å². The van der Waals surface area contributed by atoms with Crippen LogP contribution >= 0.6 is 0 Å². The van der Waals surface area contributed by atoms with Crippen LogP contribution in [-0.4, -0.2) is 31.1 Å². The second-order valence-electron chi connectivity index (χ2n) is 8.78. The number of H-pyrrole nitrogens is 2. The Bertz CT molecular complexity index is 1530. The highest BCUT2D eigenvalue weighted by Crippen LogP contribution is 2.33. The summed E-state index contributed by atoms with van der Waals surface area (Å²) in [6.45, 7) is 3.73. The molecule has 0 radical (unpaired) electrons. The summed E-state index contributed by atoms with van der Waals surface area (Å²) in [5.41, 5.74) is 4.79. The van der Waals surface area contributed by atoms with E-state index in [1.165, 1.54) is 0 Å². The van der Waals surface area contributed by atoms with Crippen molar-refractivity contribution in [1.29, 1.82) is 0 Å². The van der Waals surface area contributed by atoms with Gasteiger partial charge in [-0.15, -0.1) is 0 Å². The van der Waals surface area contributed by atoms with E-state index in [1.54, 1.807) is 37.4 Å². The zero-order chi connectivity index (χ0) is 25.2. The highest BCUT2D eigenvalue weighted by Gasteiger charge is 2.19. The Morgan fingerprint density at radius 1 is 1.06 bits per heavy atom. The minimum absolute atomic E-state index is 0.516. The third kappa shape index (κ3) is 4.48. The molecule has 0 spiro atoms. The summed E-state index contributed by atoms with van der Waals surface area (Å²) in [7, 11) is 0. The van der Waals surface area contributed by atoms with Crippen LogP contribution in [0.5, 0.6) is 11.5 Å². The molecule has 2 atom stereocenters. The molecule has 2 heterocycles. The molecule has 7 nitrogen and oxygen atoms in total. The first kappa shape index (κ1) is 23.4. The Morgan fingerprint density at radius 2 is 1.86 bits per heavy atom. The summed E-state index contributed by atoms with van der Waals surface area (Å²) in [6, 6.07) is 20.7. The normalized spacial score (nSPS) is 13.0. The molecule has 0 saturated carbocycles. The maximum atomic E-state index is 11.3. The Morgan fingerprint density at radius 3 is 2.67 bits per heavy atom. The fourth-order valence-corrected chi connectivity index (χ4v) is 4.41. The molecule has 2 aromatic heterocycles. The van der Waals surface area contributed by atoms with Crippen molar-refractivity contribution in [2.24, 2.45) is 0 Å². The van der Waals surface area contributed by atoms with Crippen LogP contribution in [0, 0.1) is 0 Å². The topological polar surface area (TPSA) is 111 Å². The first-order chi connectivity index (χ1) is 17.4. The quantitative estimate of drug-likeness (QED) is 0.211. The predicted molar refractivity (Wildman–Crippen MR) is 138 cm³/mol. The van der Waals surface area contributed by atoms with Gasteiger partial charge in [-0.2, -0.15) is 0 Å². The summed E-state index contributed by atoms with van der Waals surface area (Å²) >= 11 is 0. The molecule has 0 aliphatic carbocycles. The van der Waals surface area contributed by atoms with Gasteiger partial charge in [-0.25, -0.2) is 4.98 Å². The molecule has 182 valence electrons. The number of ether oxygens (including phenoxy) is 1. The number of carbonyl (C=O) groups is 1. The van der Waals surface area contributed by atoms with Gasteiger partial charge in [-0.05, 0) is 54.8 Å². The number of hydrogen-bond donors (Lipinski definition) is 4. The minimum atomic E-state index is -0.966. The molecule has 0 aliphatic rings. The highest BCUT2D eigenvalue weighted by molar-refractivity contribution is 5.85. The van der Waals surface area contributed by atoms with Crippen LogP contribution in [-0.2, 0) is 11.2 Å². The number of aliphatic carboxylic acids is 1. The third-order valence-electron chi connectivity index (χ3n) is 6.48. The standard InChI is InChI=1S/C29H27N3O4/c1-3-22-23-12-13-30-24(23)10-11-26(22)36-21-9-5-8-20(15-21)28-31-16-25(32-28)27(33)19-7-4-6-18(14-19)17(2)29(34)35/h4-17,27,30,33H,3H2,1-2H3,(H,31,32)(H,34,35). The number of benzene rings is 3. The molecule has 4 N–H and O–H groups in total. The van der Waals surface area contributed by atoms with E-state index in [0.29, 0.717) is 28.4 Å². The average molecular weight is 482 g/mol. The van der Waals surface area contributed by atoms with Crippen LogP contribution in [0.3, 0.4) is 0 Å². The maximum absolute atomic E-state index is 11.3. The van der Waals surface area contributed by atoms with Crippen LogP contribution in [0.25, 0.3) is 22.3 Å². The van der Waals surface area contributed by atoms with Crippen LogP contribution in [0.1, 0.15) is 48.3 Å². The number of fused-ring (bicyclic) bond motifs is 1. The number of imidazole rings is 1. The van der Waals surface area contributed by atoms with Crippen molar-refractivity contribution in [2.75, 3.05) is 0 Å². The van der Waals surface area contributed by atoms with Crippen LogP contribution < -0.4 is 4.74 Å². The number of aromatic amines is 2. The second kappa shape index (κ2) is 9.71. The van der Waals surface area contributed by atoms with E-state index in [-0.39, 0.29) is 0 Å². The Hall–Kier alpha value is -4.36. The van der Waals surface area contributed by atoms with Crippen molar-refractivity contribution in [3.63, 3.8) is 0 Å². The summed E-state index contributed by atoms with van der Waals surface area (Å²) < 4.78 is 6.27. The zero-order valence-corrected chi connectivity index (χ0v) is 20.0. The minimum Gasteiger partial charge on any atom is -0.481 e. The molecule has 0 saturated heterocycles. The first-order valence-corrected chi connectivity index (χ1v) is 11.9. The van der Waals surface area contributed by atoms with Gasteiger partial charge in [0.05, 0.1) is 17.8 Å². The van der Waals surface area contributed by atoms with Gasteiger partial charge in [0.2, 0.25) is 0 Å². The Labute approximate surface area is 208 Å². The van der Waals surface area contributed by atoms with Gasteiger partial charge in [0.25, 0.3) is 0 Å². The summed E-state index contributed by atoms with van der Waals surface area (Å²) in [5, 5.41) is 21.4. The molecule has 0 aliphatic heterocycles.